The molecular weight excluding hydrogens is 418 g/mol. The summed E-state index contributed by atoms with van der Waals surface area (Å²) in [6, 6.07) is 18.9. The fourth-order valence-corrected chi connectivity index (χ4v) is 3.72. The number of carbonyl (C=O) groups is 1. The summed E-state index contributed by atoms with van der Waals surface area (Å²) < 4.78 is 22.3. The van der Waals surface area contributed by atoms with Gasteiger partial charge in [0.2, 0.25) is 0 Å². The highest BCUT2D eigenvalue weighted by Crippen LogP contribution is 2.31. The van der Waals surface area contributed by atoms with Gasteiger partial charge in [0.05, 0.1) is 20.3 Å². The Kier molecular flexibility index (Phi) is 6.92. The molecule has 0 saturated carbocycles. The van der Waals surface area contributed by atoms with E-state index in [9.17, 15) is 4.79 Å². The number of halogens is 1. The molecule has 0 atom stereocenters. The summed E-state index contributed by atoms with van der Waals surface area (Å²) in [7, 11) is 1.67. The van der Waals surface area contributed by atoms with Gasteiger partial charge < -0.3 is 24.3 Å². The molecule has 1 N–H and O–H groups in total. The van der Waals surface area contributed by atoms with Crippen LogP contribution in [0.3, 0.4) is 0 Å². The normalized spacial score (nSPS) is 18.5. The highest BCUT2D eigenvalue weighted by molar-refractivity contribution is 6.30. The number of hydrogen-bond acceptors (Lipinski definition) is 5. The Bertz CT molecular complexity index is 1030. The number of fused-ring (bicyclic) bond motifs is 1. The van der Waals surface area contributed by atoms with Crippen LogP contribution in [-0.2, 0) is 9.47 Å². The third kappa shape index (κ3) is 5.47. The van der Waals surface area contributed by atoms with E-state index >= 15 is 0 Å². The first kappa shape index (κ1) is 21.4. The minimum Gasteiger partial charge on any atom is -0.497 e. The van der Waals surface area contributed by atoms with Crippen LogP contribution in [0.15, 0.2) is 60.7 Å². The fraction of sp³-hybridized carbons (Fsp3) is 0.292. The van der Waals surface area contributed by atoms with Crippen LogP contribution in [0, 0.1) is 0 Å². The maximum Gasteiger partial charge on any atom is 0.412 e. The van der Waals surface area contributed by atoms with Crippen molar-refractivity contribution in [1.82, 2.24) is 5.32 Å². The van der Waals surface area contributed by atoms with Gasteiger partial charge in [0, 0.05) is 23.9 Å². The Labute approximate surface area is 186 Å². The first-order valence-corrected chi connectivity index (χ1v) is 10.5. The molecule has 1 fully saturated rings. The van der Waals surface area contributed by atoms with E-state index in [1.807, 2.05) is 18.2 Å². The van der Waals surface area contributed by atoms with E-state index in [1.165, 1.54) is 10.9 Å². The largest absolute Gasteiger partial charge is 0.497 e. The van der Waals surface area contributed by atoms with Crippen molar-refractivity contribution < 1.29 is 23.7 Å². The lowest BCUT2D eigenvalue weighted by Gasteiger charge is -2.30. The monoisotopic (exact) mass is 441 g/mol. The third-order valence-electron chi connectivity index (χ3n) is 5.20. The maximum absolute atomic E-state index is 11.9. The Morgan fingerprint density at radius 2 is 1.81 bits per heavy atom. The Morgan fingerprint density at radius 3 is 2.55 bits per heavy atom. The lowest BCUT2D eigenvalue weighted by Crippen LogP contribution is -2.35. The van der Waals surface area contributed by atoms with Crippen LogP contribution in [0.5, 0.6) is 11.5 Å². The van der Waals surface area contributed by atoms with Crippen molar-refractivity contribution in [2.45, 2.75) is 18.6 Å². The molecule has 0 bridgehead atoms. The number of rotatable bonds is 6. The van der Waals surface area contributed by atoms with Crippen molar-refractivity contribution >= 4 is 28.5 Å². The zero-order chi connectivity index (χ0) is 21.6. The zero-order valence-electron chi connectivity index (χ0n) is 17.2. The summed E-state index contributed by atoms with van der Waals surface area (Å²) in [5.74, 6) is 1.42. The zero-order valence-corrected chi connectivity index (χ0v) is 17.9. The molecule has 1 amide bonds. The van der Waals surface area contributed by atoms with Gasteiger partial charge in [-0.3, -0.25) is 0 Å². The number of amides is 1. The lowest BCUT2D eigenvalue weighted by molar-refractivity contribution is -0.188. The maximum atomic E-state index is 11.9. The van der Waals surface area contributed by atoms with Crippen LogP contribution in [0.25, 0.3) is 10.8 Å². The van der Waals surface area contributed by atoms with Crippen LogP contribution in [-0.4, -0.2) is 39.3 Å². The van der Waals surface area contributed by atoms with Gasteiger partial charge >= 0.3 is 6.09 Å². The van der Waals surface area contributed by atoms with Gasteiger partial charge in [-0.2, -0.15) is 0 Å². The second-order valence-corrected chi connectivity index (χ2v) is 7.72. The van der Waals surface area contributed by atoms with E-state index in [4.69, 9.17) is 30.5 Å². The third-order valence-corrected chi connectivity index (χ3v) is 5.45. The van der Waals surface area contributed by atoms with Crippen molar-refractivity contribution in [1.29, 1.82) is 0 Å². The van der Waals surface area contributed by atoms with Crippen molar-refractivity contribution in [2.24, 2.45) is 0 Å². The van der Waals surface area contributed by atoms with E-state index in [-0.39, 0.29) is 12.2 Å². The number of benzene rings is 3. The van der Waals surface area contributed by atoms with E-state index in [0.717, 1.165) is 11.1 Å². The number of hydrogen-bond donors (Lipinski definition) is 1. The average Bonchev–Trinajstić information content (AvgIpc) is 2.80. The summed E-state index contributed by atoms with van der Waals surface area (Å²) in [5, 5.41) is 5.59. The van der Waals surface area contributed by atoms with Gasteiger partial charge in [-0.05, 0) is 52.7 Å². The molecule has 0 unspecified atom stereocenters. The number of ether oxygens (including phenoxy) is 4. The minimum atomic E-state index is -0.526. The molecule has 7 heteroatoms. The summed E-state index contributed by atoms with van der Waals surface area (Å²) in [6.45, 7) is 1.51. The minimum absolute atomic E-state index is 0.149. The standard InChI is InChI=1S/C24H24ClNO5/c1-28-20-9-10-22-16(13-20)3-2-4-21(22)17-14-29-23(30-15-17)11-12-26-24(27)31-19-7-5-18(25)6-8-19/h2-10,13,17,23H,11-12,14-15H2,1H3,(H,26,27)/t17-,23-. The lowest BCUT2D eigenvalue weighted by atomic mass is 9.94. The summed E-state index contributed by atoms with van der Waals surface area (Å²) >= 11 is 5.82. The van der Waals surface area contributed by atoms with Gasteiger partial charge in [-0.1, -0.05) is 35.9 Å². The van der Waals surface area contributed by atoms with Gasteiger partial charge in [-0.25, -0.2) is 4.79 Å². The molecule has 0 aliphatic carbocycles. The van der Waals surface area contributed by atoms with Crippen molar-refractivity contribution in [3.8, 4) is 11.5 Å². The van der Waals surface area contributed by atoms with Crippen LogP contribution in [0.4, 0.5) is 4.79 Å². The van der Waals surface area contributed by atoms with E-state index in [2.05, 4.69) is 23.5 Å². The Balaban J connectivity index is 1.25. The van der Waals surface area contributed by atoms with Crippen molar-refractivity contribution in [3.05, 3.63) is 71.2 Å². The number of methoxy groups -OCH3 is 1. The predicted molar refractivity (Wildman–Crippen MR) is 119 cm³/mol. The molecule has 3 aromatic rings. The van der Waals surface area contributed by atoms with Crippen LogP contribution in [0.1, 0.15) is 17.9 Å². The summed E-state index contributed by atoms with van der Waals surface area (Å²) in [5.41, 5.74) is 1.20. The molecule has 1 heterocycles. The average molecular weight is 442 g/mol. The molecule has 4 rings (SSSR count). The van der Waals surface area contributed by atoms with Gasteiger partial charge in [0.25, 0.3) is 0 Å². The van der Waals surface area contributed by atoms with Gasteiger partial charge in [0.15, 0.2) is 6.29 Å². The van der Waals surface area contributed by atoms with Crippen molar-refractivity contribution in [2.75, 3.05) is 26.9 Å². The number of carbonyl (C=O) groups excluding carboxylic acids is 1. The highest BCUT2D eigenvalue weighted by Gasteiger charge is 2.24. The summed E-state index contributed by atoms with van der Waals surface area (Å²) in [6.07, 6.45) is -0.348. The van der Waals surface area contributed by atoms with Crippen LogP contribution < -0.4 is 14.8 Å². The molecule has 0 spiro atoms. The topological polar surface area (TPSA) is 66.0 Å². The molecule has 0 aromatic heterocycles. The SMILES string of the molecule is COc1ccc2c(cccc2[C@H]2CO[C@H](CCNC(=O)Oc3ccc(Cl)cc3)OC2)c1. The first-order valence-electron chi connectivity index (χ1n) is 10.1. The first-order chi connectivity index (χ1) is 15.1. The Morgan fingerprint density at radius 1 is 1.06 bits per heavy atom. The number of nitrogens with one attached hydrogen (secondary N) is 1. The molecule has 31 heavy (non-hydrogen) atoms. The fourth-order valence-electron chi connectivity index (χ4n) is 3.60. The van der Waals surface area contributed by atoms with Crippen molar-refractivity contribution in [3.63, 3.8) is 0 Å². The molecule has 6 nitrogen and oxygen atoms in total. The van der Waals surface area contributed by atoms with E-state index in [0.29, 0.717) is 37.0 Å². The molecular formula is C24H24ClNO5. The van der Waals surface area contributed by atoms with E-state index in [1.54, 1.807) is 31.4 Å². The molecule has 1 saturated heterocycles. The molecule has 1 aliphatic heterocycles. The van der Waals surface area contributed by atoms with E-state index < -0.39 is 6.09 Å². The second-order valence-electron chi connectivity index (χ2n) is 7.29. The smallest absolute Gasteiger partial charge is 0.412 e. The predicted octanol–water partition coefficient (Wildman–Crippen LogP) is 5.14. The van der Waals surface area contributed by atoms with Crippen LogP contribution in [0.2, 0.25) is 5.02 Å². The molecule has 1 aliphatic rings. The molecule has 0 radical (unpaired) electrons. The molecule has 162 valence electrons. The Hall–Kier alpha value is -2.80. The quantitative estimate of drug-likeness (QED) is 0.574. The molecule has 3 aromatic carbocycles. The van der Waals surface area contributed by atoms with Crippen LogP contribution >= 0.6 is 11.6 Å². The highest BCUT2D eigenvalue weighted by atomic mass is 35.5. The summed E-state index contributed by atoms with van der Waals surface area (Å²) in [4.78, 5) is 11.9. The second kappa shape index (κ2) is 10.0. The van der Waals surface area contributed by atoms with Gasteiger partial charge in [0.1, 0.15) is 11.5 Å². The van der Waals surface area contributed by atoms with Gasteiger partial charge in [-0.15, -0.1) is 0 Å².